The van der Waals surface area contributed by atoms with E-state index in [1.54, 1.807) is 0 Å². The molecule has 5 nitrogen and oxygen atoms in total. The number of rotatable bonds is 5. The van der Waals surface area contributed by atoms with Crippen molar-refractivity contribution in [1.82, 2.24) is 5.32 Å². The number of hydrogen-bond acceptors (Lipinski definition) is 4. The van der Waals surface area contributed by atoms with Crippen molar-refractivity contribution >= 4 is 5.91 Å². The van der Waals surface area contributed by atoms with E-state index in [0.29, 0.717) is 39.0 Å². The maximum absolute atomic E-state index is 12.0. The number of nitrogens with zero attached hydrogens (tertiary/aromatic N) is 1. The SMILES string of the molecule is CC(CCO)CNC(=O)C1(C#N)CCOCC1. The Kier molecular flexibility index (Phi) is 5.39. The van der Waals surface area contributed by atoms with E-state index in [2.05, 4.69) is 11.4 Å². The number of carbonyl (C=O) groups is 1. The molecule has 0 bridgehead atoms. The van der Waals surface area contributed by atoms with Gasteiger partial charge in [-0.2, -0.15) is 5.26 Å². The zero-order valence-corrected chi connectivity index (χ0v) is 10.2. The van der Waals surface area contributed by atoms with E-state index in [4.69, 9.17) is 9.84 Å². The van der Waals surface area contributed by atoms with E-state index in [0.717, 1.165) is 0 Å². The number of amides is 1. The molecule has 1 saturated heterocycles. The second-order valence-corrected chi connectivity index (χ2v) is 4.63. The molecular formula is C12H20N2O3. The van der Waals surface area contributed by atoms with Gasteiger partial charge in [-0.1, -0.05) is 6.92 Å². The van der Waals surface area contributed by atoms with Crippen LogP contribution in [0.5, 0.6) is 0 Å². The maximum Gasteiger partial charge on any atom is 0.240 e. The van der Waals surface area contributed by atoms with Crippen LogP contribution in [0, 0.1) is 22.7 Å². The van der Waals surface area contributed by atoms with E-state index in [1.165, 1.54) is 0 Å². The van der Waals surface area contributed by atoms with Crippen LogP contribution in [0.3, 0.4) is 0 Å². The molecule has 17 heavy (non-hydrogen) atoms. The number of nitrogens with one attached hydrogen (secondary N) is 1. The summed E-state index contributed by atoms with van der Waals surface area (Å²) < 4.78 is 5.18. The van der Waals surface area contributed by atoms with Gasteiger partial charge in [-0.15, -0.1) is 0 Å². The molecule has 1 rings (SSSR count). The highest BCUT2D eigenvalue weighted by Gasteiger charge is 2.40. The Balaban J connectivity index is 2.47. The molecule has 0 aromatic carbocycles. The predicted molar refractivity (Wildman–Crippen MR) is 62.0 cm³/mol. The summed E-state index contributed by atoms with van der Waals surface area (Å²) in [4.78, 5) is 12.0. The van der Waals surface area contributed by atoms with Crippen LogP contribution in [-0.4, -0.2) is 37.4 Å². The first-order valence-corrected chi connectivity index (χ1v) is 6.03. The molecule has 0 spiro atoms. The van der Waals surface area contributed by atoms with Crippen LogP contribution in [0.2, 0.25) is 0 Å². The molecule has 0 aliphatic carbocycles. The van der Waals surface area contributed by atoms with E-state index in [9.17, 15) is 10.1 Å². The Bertz CT molecular complexity index is 293. The molecule has 2 N–H and O–H groups in total. The first-order chi connectivity index (χ1) is 8.14. The van der Waals surface area contributed by atoms with Crippen LogP contribution in [0.15, 0.2) is 0 Å². The van der Waals surface area contributed by atoms with E-state index >= 15 is 0 Å². The molecule has 1 fully saturated rings. The second kappa shape index (κ2) is 6.58. The number of aliphatic hydroxyl groups is 1. The molecule has 0 aromatic heterocycles. The van der Waals surface area contributed by atoms with Crippen LogP contribution >= 0.6 is 0 Å². The second-order valence-electron chi connectivity index (χ2n) is 4.63. The lowest BCUT2D eigenvalue weighted by atomic mass is 9.81. The number of ether oxygens (including phenoxy) is 1. The van der Waals surface area contributed by atoms with Crippen molar-refractivity contribution in [2.45, 2.75) is 26.2 Å². The summed E-state index contributed by atoms with van der Waals surface area (Å²) >= 11 is 0. The van der Waals surface area contributed by atoms with Crippen molar-refractivity contribution < 1.29 is 14.6 Å². The highest BCUT2D eigenvalue weighted by atomic mass is 16.5. The summed E-state index contributed by atoms with van der Waals surface area (Å²) in [6.45, 7) is 3.51. The first-order valence-electron chi connectivity index (χ1n) is 6.03. The van der Waals surface area contributed by atoms with Gasteiger partial charge in [-0.05, 0) is 25.2 Å². The fraction of sp³-hybridized carbons (Fsp3) is 0.833. The molecule has 96 valence electrons. The normalized spacial score (nSPS) is 20.3. The monoisotopic (exact) mass is 240 g/mol. The van der Waals surface area contributed by atoms with Crippen LogP contribution < -0.4 is 5.32 Å². The van der Waals surface area contributed by atoms with Crippen LogP contribution in [0.1, 0.15) is 26.2 Å². The van der Waals surface area contributed by atoms with Crippen molar-refractivity contribution in [2.24, 2.45) is 11.3 Å². The van der Waals surface area contributed by atoms with Gasteiger partial charge in [0.15, 0.2) is 0 Å². The summed E-state index contributed by atoms with van der Waals surface area (Å²) in [7, 11) is 0. The smallest absolute Gasteiger partial charge is 0.240 e. The average molecular weight is 240 g/mol. The summed E-state index contributed by atoms with van der Waals surface area (Å²) in [6, 6.07) is 2.13. The summed E-state index contributed by atoms with van der Waals surface area (Å²) in [5.41, 5.74) is -0.919. The molecular weight excluding hydrogens is 220 g/mol. The van der Waals surface area contributed by atoms with Gasteiger partial charge in [0.25, 0.3) is 0 Å². The van der Waals surface area contributed by atoms with Gasteiger partial charge in [0, 0.05) is 26.4 Å². The molecule has 1 aliphatic rings. The minimum atomic E-state index is -0.919. The van der Waals surface area contributed by atoms with E-state index in [1.807, 2.05) is 6.92 Å². The Morgan fingerprint density at radius 2 is 2.24 bits per heavy atom. The highest BCUT2D eigenvalue weighted by Crippen LogP contribution is 2.29. The molecule has 1 heterocycles. The van der Waals surface area contributed by atoms with Crippen molar-refractivity contribution in [3.05, 3.63) is 0 Å². The van der Waals surface area contributed by atoms with Gasteiger partial charge in [-0.3, -0.25) is 4.79 Å². The summed E-state index contributed by atoms with van der Waals surface area (Å²) in [6.07, 6.45) is 1.58. The first kappa shape index (κ1) is 13.9. The third-order valence-corrected chi connectivity index (χ3v) is 3.23. The molecule has 1 atom stereocenters. The molecule has 0 radical (unpaired) electrons. The van der Waals surface area contributed by atoms with Crippen molar-refractivity contribution in [3.8, 4) is 6.07 Å². The lowest BCUT2D eigenvalue weighted by Gasteiger charge is -2.29. The third kappa shape index (κ3) is 3.69. The quantitative estimate of drug-likeness (QED) is 0.730. The molecule has 0 saturated carbocycles. The van der Waals surface area contributed by atoms with E-state index < -0.39 is 5.41 Å². The van der Waals surface area contributed by atoms with Gasteiger partial charge < -0.3 is 15.2 Å². The average Bonchev–Trinajstić information content (AvgIpc) is 2.37. The number of nitriles is 1. The van der Waals surface area contributed by atoms with Crippen molar-refractivity contribution in [3.63, 3.8) is 0 Å². The fourth-order valence-corrected chi connectivity index (χ4v) is 1.87. The highest BCUT2D eigenvalue weighted by molar-refractivity contribution is 5.85. The fourth-order valence-electron chi connectivity index (χ4n) is 1.87. The Hall–Kier alpha value is -1.12. The summed E-state index contributed by atoms with van der Waals surface area (Å²) in [5, 5.41) is 20.7. The number of hydrogen-bond donors (Lipinski definition) is 2. The number of aliphatic hydroxyl groups excluding tert-OH is 1. The standard InChI is InChI=1S/C12H20N2O3/c1-10(2-5-15)8-14-11(16)12(9-13)3-6-17-7-4-12/h10,15H,2-8H2,1H3,(H,14,16). The third-order valence-electron chi connectivity index (χ3n) is 3.23. The Labute approximate surface area is 102 Å². The Morgan fingerprint density at radius 3 is 2.76 bits per heavy atom. The maximum atomic E-state index is 12.0. The van der Waals surface area contributed by atoms with Crippen molar-refractivity contribution in [2.75, 3.05) is 26.4 Å². The zero-order valence-electron chi connectivity index (χ0n) is 10.2. The summed E-state index contributed by atoms with van der Waals surface area (Å²) in [5.74, 6) is 0.0209. The zero-order chi connectivity index (χ0) is 12.7. The van der Waals surface area contributed by atoms with E-state index in [-0.39, 0.29) is 18.4 Å². The molecule has 1 aliphatic heterocycles. The predicted octanol–water partition coefficient (Wildman–Crippen LogP) is 0.441. The lowest BCUT2D eigenvalue weighted by Crippen LogP contribution is -2.45. The van der Waals surface area contributed by atoms with Crippen molar-refractivity contribution in [1.29, 1.82) is 5.26 Å². The van der Waals surface area contributed by atoms with Gasteiger partial charge >= 0.3 is 0 Å². The van der Waals surface area contributed by atoms with Crippen LogP contribution in [-0.2, 0) is 9.53 Å². The number of carbonyl (C=O) groups excluding carboxylic acids is 1. The van der Waals surface area contributed by atoms with Gasteiger partial charge in [0.1, 0.15) is 5.41 Å². The van der Waals surface area contributed by atoms with Gasteiger partial charge in [-0.25, -0.2) is 0 Å². The molecule has 1 unspecified atom stereocenters. The van der Waals surface area contributed by atoms with Gasteiger partial charge in [0.05, 0.1) is 6.07 Å². The van der Waals surface area contributed by atoms with Gasteiger partial charge in [0.2, 0.25) is 5.91 Å². The largest absolute Gasteiger partial charge is 0.396 e. The topological polar surface area (TPSA) is 82.4 Å². The molecule has 1 amide bonds. The lowest BCUT2D eigenvalue weighted by molar-refractivity contribution is -0.132. The molecule has 5 heteroatoms. The van der Waals surface area contributed by atoms with Crippen LogP contribution in [0.25, 0.3) is 0 Å². The Morgan fingerprint density at radius 1 is 1.59 bits per heavy atom. The minimum absolute atomic E-state index is 0.119. The minimum Gasteiger partial charge on any atom is -0.396 e. The van der Waals surface area contributed by atoms with Crippen LogP contribution in [0.4, 0.5) is 0 Å². The molecule has 0 aromatic rings.